The fraction of sp³-hybridized carbons (Fsp3) is 0.273. The molecular weight excluding hydrogens is 356 g/mol. The molecule has 1 aliphatic carbocycles. The second kappa shape index (κ2) is 8.61. The number of aryl methyl sites for hydroxylation is 2. The monoisotopic (exact) mass is 378 g/mol. The predicted octanol–water partition coefficient (Wildman–Crippen LogP) is 2.99. The van der Waals surface area contributed by atoms with E-state index in [-0.39, 0.29) is 12.3 Å². The van der Waals surface area contributed by atoms with Crippen LogP contribution in [0.1, 0.15) is 40.4 Å². The number of hydrogen-bond acceptors (Lipinski definition) is 4. The van der Waals surface area contributed by atoms with E-state index in [1.807, 2.05) is 18.2 Å². The zero-order valence-corrected chi connectivity index (χ0v) is 15.8. The maximum atomic E-state index is 12.7. The Balaban J connectivity index is 1.74. The highest BCUT2D eigenvalue weighted by Gasteiger charge is 2.27. The molecule has 0 saturated carbocycles. The number of benzene rings is 2. The Morgan fingerprint density at radius 2 is 1.71 bits per heavy atom. The lowest BCUT2D eigenvalue weighted by molar-refractivity contribution is -0.126. The number of imide groups is 2. The summed E-state index contributed by atoms with van der Waals surface area (Å²) in [6, 6.07) is 13.7. The molecule has 6 heteroatoms. The quantitative estimate of drug-likeness (QED) is 0.572. The van der Waals surface area contributed by atoms with Gasteiger partial charge in [-0.2, -0.15) is 0 Å². The molecule has 0 heterocycles. The predicted molar refractivity (Wildman–Crippen MR) is 104 cm³/mol. The number of Topliss-reactive ketones (excluding diaryl/α,β-unsaturated/α-hetero) is 1. The van der Waals surface area contributed by atoms with E-state index in [1.165, 1.54) is 12.5 Å². The Bertz CT molecular complexity index is 908. The van der Waals surface area contributed by atoms with E-state index in [1.54, 1.807) is 30.3 Å². The Morgan fingerprint density at radius 1 is 1.00 bits per heavy atom. The van der Waals surface area contributed by atoms with Gasteiger partial charge < -0.3 is 0 Å². The van der Waals surface area contributed by atoms with Crippen LogP contribution in [0.5, 0.6) is 0 Å². The molecule has 2 aromatic carbocycles. The fourth-order valence-electron chi connectivity index (χ4n) is 3.38. The van der Waals surface area contributed by atoms with Gasteiger partial charge in [0, 0.05) is 12.5 Å². The smallest absolute Gasteiger partial charge is 0.292 e. The third-order valence-corrected chi connectivity index (χ3v) is 4.90. The van der Waals surface area contributed by atoms with Crippen LogP contribution in [0.2, 0.25) is 0 Å². The zero-order chi connectivity index (χ0) is 20.1. The number of urea groups is 1. The number of hydrogen-bond donors (Lipinski definition) is 0. The lowest BCUT2D eigenvalue weighted by Gasteiger charge is -2.24. The molecule has 0 fully saturated rings. The van der Waals surface area contributed by atoms with E-state index in [9.17, 15) is 19.2 Å². The summed E-state index contributed by atoms with van der Waals surface area (Å²) in [6.07, 6.45) is 3.39. The van der Waals surface area contributed by atoms with Crippen molar-refractivity contribution in [2.45, 2.75) is 32.7 Å². The molecule has 0 radical (unpaired) electrons. The summed E-state index contributed by atoms with van der Waals surface area (Å²) in [6.45, 7) is 0.839. The number of carbonyl (C=O) groups excluding carboxylic acids is 4. The third-order valence-electron chi connectivity index (χ3n) is 4.90. The SMILES string of the molecule is CC(=O)N(CC(=O)c1ccc2c(c1)CCC2)C(=O)N(C=O)Cc1ccccc1. The summed E-state index contributed by atoms with van der Waals surface area (Å²) in [7, 11) is 0. The lowest BCUT2D eigenvalue weighted by atomic mass is 10.0. The number of ketones is 1. The second-order valence-corrected chi connectivity index (χ2v) is 6.87. The molecule has 28 heavy (non-hydrogen) atoms. The zero-order valence-electron chi connectivity index (χ0n) is 15.8. The molecule has 0 spiro atoms. The normalized spacial score (nSPS) is 12.2. The van der Waals surface area contributed by atoms with Gasteiger partial charge in [-0.15, -0.1) is 0 Å². The summed E-state index contributed by atoms with van der Waals surface area (Å²) in [4.78, 5) is 50.6. The van der Waals surface area contributed by atoms with Crippen molar-refractivity contribution >= 4 is 24.1 Å². The molecule has 4 amide bonds. The highest BCUT2D eigenvalue weighted by molar-refractivity contribution is 6.05. The number of carbonyl (C=O) groups is 4. The molecule has 6 nitrogen and oxygen atoms in total. The van der Waals surface area contributed by atoms with E-state index in [2.05, 4.69) is 0 Å². The number of amides is 4. The van der Waals surface area contributed by atoms with Crippen LogP contribution < -0.4 is 0 Å². The van der Waals surface area contributed by atoms with E-state index in [0.29, 0.717) is 12.0 Å². The largest absolute Gasteiger partial charge is 0.333 e. The van der Waals surface area contributed by atoms with E-state index >= 15 is 0 Å². The summed E-state index contributed by atoms with van der Waals surface area (Å²) in [5, 5.41) is 0. The van der Waals surface area contributed by atoms with Gasteiger partial charge in [-0.3, -0.25) is 24.2 Å². The van der Waals surface area contributed by atoms with Gasteiger partial charge in [0.2, 0.25) is 12.3 Å². The molecule has 2 aromatic rings. The van der Waals surface area contributed by atoms with E-state index in [4.69, 9.17) is 0 Å². The van der Waals surface area contributed by atoms with Gasteiger partial charge in [-0.25, -0.2) is 4.79 Å². The average molecular weight is 378 g/mol. The van der Waals surface area contributed by atoms with Gasteiger partial charge in [0.05, 0.1) is 13.1 Å². The van der Waals surface area contributed by atoms with Gasteiger partial charge in [-0.05, 0) is 42.0 Å². The fourth-order valence-corrected chi connectivity index (χ4v) is 3.38. The lowest BCUT2D eigenvalue weighted by Crippen LogP contribution is -2.46. The van der Waals surface area contributed by atoms with Gasteiger partial charge in [0.1, 0.15) is 0 Å². The molecule has 0 bridgehead atoms. The molecule has 0 aromatic heterocycles. The van der Waals surface area contributed by atoms with E-state index < -0.39 is 18.5 Å². The Morgan fingerprint density at radius 3 is 2.39 bits per heavy atom. The van der Waals surface area contributed by atoms with Crippen molar-refractivity contribution in [3.8, 4) is 0 Å². The molecule has 144 valence electrons. The van der Waals surface area contributed by atoms with Crippen molar-refractivity contribution in [2.75, 3.05) is 6.54 Å². The minimum absolute atomic E-state index is 0.0278. The van der Waals surface area contributed by atoms with Gasteiger partial charge in [0.25, 0.3) is 0 Å². The van der Waals surface area contributed by atoms with Crippen LogP contribution in [0.3, 0.4) is 0 Å². The summed E-state index contributed by atoms with van der Waals surface area (Å²) in [5.74, 6) is -0.914. The number of fused-ring (bicyclic) bond motifs is 1. The van der Waals surface area contributed by atoms with Crippen LogP contribution in [-0.4, -0.2) is 40.5 Å². The van der Waals surface area contributed by atoms with Crippen molar-refractivity contribution in [1.29, 1.82) is 0 Å². The molecule has 0 saturated heterocycles. The van der Waals surface area contributed by atoms with Crippen LogP contribution in [0, 0.1) is 0 Å². The Hall–Kier alpha value is -3.28. The van der Waals surface area contributed by atoms with Gasteiger partial charge in [0.15, 0.2) is 5.78 Å². The number of nitrogens with zero attached hydrogens (tertiary/aromatic N) is 2. The van der Waals surface area contributed by atoms with Crippen LogP contribution in [0.15, 0.2) is 48.5 Å². The third kappa shape index (κ3) is 4.34. The standard InChI is InChI=1S/C22H22N2O4/c1-16(26)24(22(28)23(15-25)13-17-6-3-2-4-7-17)14-21(27)20-11-10-18-8-5-9-19(18)12-20/h2-4,6-7,10-12,15H,5,8-9,13-14H2,1H3. The van der Waals surface area contributed by atoms with Crippen molar-refractivity contribution in [3.63, 3.8) is 0 Å². The minimum Gasteiger partial charge on any atom is -0.292 e. The van der Waals surface area contributed by atoms with E-state index in [0.717, 1.165) is 40.2 Å². The number of rotatable bonds is 6. The molecule has 0 N–H and O–H groups in total. The van der Waals surface area contributed by atoms with Crippen molar-refractivity contribution in [2.24, 2.45) is 0 Å². The second-order valence-electron chi connectivity index (χ2n) is 6.87. The van der Waals surface area contributed by atoms with Crippen LogP contribution >= 0.6 is 0 Å². The maximum absolute atomic E-state index is 12.7. The molecule has 0 atom stereocenters. The van der Waals surface area contributed by atoms with Crippen molar-refractivity contribution < 1.29 is 19.2 Å². The van der Waals surface area contributed by atoms with Crippen LogP contribution in [-0.2, 0) is 29.0 Å². The van der Waals surface area contributed by atoms with Crippen LogP contribution in [0.25, 0.3) is 0 Å². The first-order valence-electron chi connectivity index (χ1n) is 9.22. The molecule has 0 unspecified atom stereocenters. The first-order valence-corrected chi connectivity index (χ1v) is 9.22. The van der Waals surface area contributed by atoms with Gasteiger partial charge in [-0.1, -0.05) is 42.5 Å². The topological polar surface area (TPSA) is 74.8 Å². The first-order chi connectivity index (χ1) is 13.5. The van der Waals surface area contributed by atoms with Crippen LogP contribution in [0.4, 0.5) is 4.79 Å². The maximum Gasteiger partial charge on any atom is 0.333 e. The molecule has 0 aliphatic heterocycles. The molecule has 3 rings (SSSR count). The average Bonchev–Trinajstić information content (AvgIpc) is 3.18. The molecule has 1 aliphatic rings. The highest BCUT2D eigenvalue weighted by Crippen LogP contribution is 2.23. The minimum atomic E-state index is -0.805. The van der Waals surface area contributed by atoms with Crippen molar-refractivity contribution in [1.82, 2.24) is 9.80 Å². The summed E-state index contributed by atoms with van der Waals surface area (Å²) in [5.41, 5.74) is 3.60. The Labute approximate surface area is 163 Å². The highest BCUT2D eigenvalue weighted by atomic mass is 16.2. The van der Waals surface area contributed by atoms with Crippen molar-refractivity contribution in [3.05, 3.63) is 70.8 Å². The Kier molecular flexibility index (Phi) is 5.99. The molecular formula is C22H22N2O4. The summed E-state index contributed by atoms with van der Waals surface area (Å²) >= 11 is 0. The first kappa shape index (κ1) is 19.5. The van der Waals surface area contributed by atoms with Gasteiger partial charge >= 0.3 is 6.03 Å². The summed E-state index contributed by atoms with van der Waals surface area (Å²) < 4.78 is 0.